The van der Waals surface area contributed by atoms with Crippen LogP contribution in [-0.4, -0.2) is 71.4 Å². The molecule has 0 saturated carbocycles. The number of aryl methyl sites for hydroxylation is 1. The molecule has 7 heteroatoms. The van der Waals surface area contributed by atoms with E-state index in [4.69, 9.17) is 4.74 Å². The number of hydrogen-bond acceptors (Lipinski definition) is 5. The van der Waals surface area contributed by atoms with Crippen LogP contribution < -0.4 is 10.1 Å². The van der Waals surface area contributed by atoms with E-state index in [0.29, 0.717) is 24.5 Å². The molecule has 3 heterocycles. The molecule has 0 unspecified atom stereocenters. The molecule has 164 valence electrons. The molecule has 7 nitrogen and oxygen atoms in total. The van der Waals surface area contributed by atoms with Crippen molar-refractivity contribution in [1.29, 1.82) is 0 Å². The summed E-state index contributed by atoms with van der Waals surface area (Å²) in [7, 11) is 2.16. The van der Waals surface area contributed by atoms with Crippen molar-refractivity contribution in [3.63, 3.8) is 0 Å². The summed E-state index contributed by atoms with van der Waals surface area (Å²) < 4.78 is 7.97. The van der Waals surface area contributed by atoms with Crippen LogP contribution in [0.2, 0.25) is 0 Å². The average molecular weight is 422 g/mol. The molecule has 1 aliphatic rings. The zero-order valence-corrected chi connectivity index (χ0v) is 18.4. The van der Waals surface area contributed by atoms with Gasteiger partial charge in [-0.05, 0) is 50.7 Å². The van der Waals surface area contributed by atoms with Crippen molar-refractivity contribution in [2.24, 2.45) is 0 Å². The molecule has 1 saturated heterocycles. The number of nitrogens with zero attached hydrogens (tertiary/aromatic N) is 4. The monoisotopic (exact) mass is 421 g/mol. The van der Waals surface area contributed by atoms with Crippen LogP contribution in [0.4, 0.5) is 0 Å². The van der Waals surface area contributed by atoms with Crippen molar-refractivity contribution < 1.29 is 9.53 Å². The highest BCUT2D eigenvalue weighted by Crippen LogP contribution is 2.20. The van der Waals surface area contributed by atoms with E-state index in [1.165, 1.54) is 0 Å². The van der Waals surface area contributed by atoms with Crippen molar-refractivity contribution in [3.8, 4) is 5.75 Å². The number of aromatic nitrogens is 2. The lowest BCUT2D eigenvalue weighted by Crippen LogP contribution is -2.45. The third-order valence-electron chi connectivity index (χ3n) is 5.77. The van der Waals surface area contributed by atoms with Gasteiger partial charge in [-0.25, -0.2) is 4.98 Å². The number of rotatable bonds is 8. The zero-order valence-electron chi connectivity index (χ0n) is 18.4. The lowest BCUT2D eigenvalue weighted by Gasteiger charge is -2.32. The molecule has 31 heavy (non-hydrogen) atoms. The maximum atomic E-state index is 12.7. The SMILES string of the molecule is Cc1cccn2cc(COc3ccccc3C(=O)NCCCN3CCN(C)CC3)nc12. The van der Waals surface area contributed by atoms with Gasteiger partial charge in [-0.3, -0.25) is 4.79 Å². The summed E-state index contributed by atoms with van der Waals surface area (Å²) in [5, 5.41) is 3.04. The van der Waals surface area contributed by atoms with E-state index < -0.39 is 0 Å². The second-order valence-corrected chi connectivity index (χ2v) is 8.19. The van der Waals surface area contributed by atoms with Gasteiger partial charge in [0, 0.05) is 45.1 Å². The van der Waals surface area contributed by atoms with Crippen molar-refractivity contribution in [1.82, 2.24) is 24.5 Å². The van der Waals surface area contributed by atoms with Crippen LogP contribution in [0.15, 0.2) is 48.8 Å². The molecule has 2 aromatic heterocycles. The fourth-order valence-electron chi connectivity index (χ4n) is 3.88. The van der Waals surface area contributed by atoms with Crippen molar-refractivity contribution in [2.75, 3.05) is 46.3 Å². The number of ether oxygens (including phenoxy) is 1. The predicted molar refractivity (Wildman–Crippen MR) is 122 cm³/mol. The first-order valence-corrected chi connectivity index (χ1v) is 10.9. The van der Waals surface area contributed by atoms with Crippen LogP contribution in [0, 0.1) is 6.92 Å². The molecule has 0 spiro atoms. The molecule has 1 aliphatic heterocycles. The molecular formula is C24H31N5O2. The predicted octanol–water partition coefficient (Wildman–Crippen LogP) is 2.59. The van der Waals surface area contributed by atoms with Crippen LogP contribution in [0.5, 0.6) is 5.75 Å². The lowest BCUT2D eigenvalue weighted by molar-refractivity contribution is 0.0945. The van der Waals surface area contributed by atoms with Gasteiger partial charge in [0.25, 0.3) is 5.91 Å². The average Bonchev–Trinajstić information content (AvgIpc) is 3.21. The van der Waals surface area contributed by atoms with Crippen LogP contribution in [-0.2, 0) is 6.61 Å². The standard InChI is InChI=1S/C24H31N5O2/c1-19-7-5-12-29-17-20(26-23(19)29)18-31-22-9-4-3-8-21(22)24(30)25-10-6-11-28-15-13-27(2)14-16-28/h3-5,7-9,12,17H,6,10-11,13-16,18H2,1-2H3,(H,25,30). The van der Waals surface area contributed by atoms with Crippen LogP contribution in [0.3, 0.4) is 0 Å². The van der Waals surface area contributed by atoms with Gasteiger partial charge < -0.3 is 24.3 Å². The highest BCUT2D eigenvalue weighted by molar-refractivity contribution is 5.96. The smallest absolute Gasteiger partial charge is 0.255 e. The van der Waals surface area contributed by atoms with E-state index in [-0.39, 0.29) is 5.91 Å². The van der Waals surface area contributed by atoms with Gasteiger partial charge in [-0.15, -0.1) is 0 Å². The van der Waals surface area contributed by atoms with Crippen molar-refractivity contribution in [2.45, 2.75) is 20.0 Å². The van der Waals surface area contributed by atoms with Crippen LogP contribution in [0.1, 0.15) is 28.0 Å². The van der Waals surface area contributed by atoms with Gasteiger partial charge in [0.05, 0.1) is 11.3 Å². The summed E-state index contributed by atoms with van der Waals surface area (Å²) in [6.07, 6.45) is 4.88. The van der Waals surface area contributed by atoms with Crippen molar-refractivity contribution in [3.05, 3.63) is 65.6 Å². The minimum Gasteiger partial charge on any atom is -0.486 e. The van der Waals surface area contributed by atoms with E-state index in [1.807, 2.05) is 54.0 Å². The summed E-state index contributed by atoms with van der Waals surface area (Å²) in [4.78, 5) is 22.2. The van der Waals surface area contributed by atoms with Crippen LogP contribution >= 0.6 is 0 Å². The molecule has 1 fully saturated rings. The first kappa shape index (κ1) is 21.3. The first-order valence-electron chi connectivity index (χ1n) is 10.9. The van der Waals surface area contributed by atoms with Gasteiger partial charge in [0.2, 0.25) is 0 Å². The quantitative estimate of drug-likeness (QED) is 0.567. The first-order chi connectivity index (χ1) is 15.1. The molecule has 1 amide bonds. The van der Waals surface area contributed by atoms with E-state index >= 15 is 0 Å². The molecule has 0 atom stereocenters. The molecule has 1 aromatic carbocycles. The molecule has 0 bridgehead atoms. The van der Waals surface area contributed by atoms with Gasteiger partial charge in [0.15, 0.2) is 0 Å². The summed E-state index contributed by atoms with van der Waals surface area (Å²) in [5.74, 6) is 0.479. The number of likely N-dealkylation sites (N-methyl/N-ethyl adjacent to an activating group) is 1. The number of fused-ring (bicyclic) bond motifs is 1. The Morgan fingerprint density at radius 2 is 1.94 bits per heavy atom. The zero-order chi connectivity index (χ0) is 21.6. The summed E-state index contributed by atoms with van der Waals surface area (Å²) >= 11 is 0. The van der Waals surface area contributed by atoms with E-state index in [0.717, 1.165) is 56.0 Å². The Labute approximate surface area is 183 Å². The van der Waals surface area contributed by atoms with Gasteiger partial charge >= 0.3 is 0 Å². The normalized spacial score (nSPS) is 15.3. The fourth-order valence-corrected chi connectivity index (χ4v) is 3.88. The third kappa shape index (κ3) is 5.42. The number of amides is 1. The molecule has 0 aliphatic carbocycles. The Hall–Kier alpha value is -2.90. The number of carbonyl (C=O) groups excluding carboxylic acids is 1. The largest absolute Gasteiger partial charge is 0.486 e. The van der Waals surface area contributed by atoms with Gasteiger partial charge in [-0.1, -0.05) is 18.2 Å². The Kier molecular flexibility index (Phi) is 6.84. The number of benzene rings is 1. The Bertz CT molecular complexity index is 1020. The molecule has 4 rings (SSSR count). The van der Waals surface area contributed by atoms with Crippen molar-refractivity contribution >= 4 is 11.6 Å². The minimum absolute atomic E-state index is 0.0974. The fraction of sp³-hybridized carbons (Fsp3) is 0.417. The number of imidazole rings is 1. The maximum Gasteiger partial charge on any atom is 0.255 e. The van der Waals surface area contributed by atoms with E-state index in [2.05, 4.69) is 27.1 Å². The Morgan fingerprint density at radius 1 is 1.13 bits per heavy atom. The van der Waals surface area contributed by atoms with E-state index in [1.54, 1.807) is 6.07 Å². The van der Waals surface area contributed by atoms with E-state index in [9.17, 15) is 4.79 Å². The third-order valence-corrected chi connectivity index (χ3v) is 5.77. The minimum atomic E-state index is -0.0974. The highest BCUT2D eigenvalue weighted by atomic mass is 16.5. The number of pyridine rings is 1. The number of piperazine rings is 1. The highest BCUT2D eigenvalue weighted by Gasteiger charge is 2.15. The Balaban J connectivity index is 1.30. The number of nitrogens with one attached hydrogen (secondary N) is 1. The second-order valence-electron chi connectivity index (χ2n) is 8.19. The maximum absolute atomic E-state index is 12.7. The lowest BCUT2D eigenvalue weighted by atomic mass is 10.2. The Morgan fingerprint density at radius 3 is 2.74 bits per heavy atom. The number of para-hydroxylation sites is 1. The molecule has 0 radical (unpaired) electrons. The number of hydrogen-bond donors (Lipinski definition) is 1. The second kappa shape index (κ2) is 9.94. The molecule has 3 aromatic rings. The molecule has 1 N–H and O–H groups in total. The topological polar surface area (TPSA) is 62.1 Å². The van der Waals surface area contributed by atoms with Gasteiger partial charge in [-0.2, -0.15) is 0 Å². The van der Waals surface area contributed by atoms with Gasteiger partial charge in [0.1, 0.15) is 18.0 Å². The van der Waals surface area contributed by atoms with Crippen LogP contribution in [0.25, 0.3) is 5.65 Å². The summed E-state index contributed by atoms with van der Waals surface area (Å²) in [5.41, 5.74) is 3.43. The number of carbonyl (C=O) groups is 1. The summed E-state index contributed by atoms with van der Waals surface area (Å²) in [6.45, 7) is 8.45. The molecular weight excluding hydrogens is 390 g/mol. The summed E-state index contributed by atoms with van der Waals surface area (Å²) in [6, 6.07) is 11.4.